The molecule has 2 radical (unpaired) electrons. The first-order chi connectivity index (χ1) is 3.29. The molecule has 1 rings (SSSR count). The van der Waals surface area contributed by atoms with Gasteiger partial charge in [0.2, 0.25) is 0 Å². The molecule has 0 bridgehead atoms. The van der Waals surface area contributed by atoms with E-state index < -0.39 is 0 Å². The monoisotopic (exact) mass is 116 g/mol. The Hall–Kier alpha value is -0.240. The molecule has 0 aromatic heterocycles. The summed E-state index contributed by atoms with van der Waals surface area (Å²) >= 11 is 5.45. The highest BCUT2D eigenvalue weighted by Crippen LogP contribution is 2.08. The summed E-state index contributed by atoms with van der Waals surface area (Å²) in [7, 11) is 1.80. The second-order valence-corrected chi connectivity index (χ2v) is 1.77. The number of nitrogens with zero attached hydrogens (tertiary/aromatic N) is 2. The summed E-state index contributed by atoms with van der Waals surface area (Å²) in [4.78, 5) is 0. The van der Waals surface area contributed by atoms with E-state index in [4.69, 9.17) is 11.6 Å². The highest BCUT2D eigenvalue weighted by Gasteiger charge is 2.07. The van der Waals surface area contributed by atoms with Gasteiger partial charge in [-0.2, -0.15) is 5.10 Å². The third-order valence-corrected chi connectivity index (χ3v) is 0.921. The second-order valence-electron chi connectivity index (χ2n) is 1.33. The third kappa shape index (κ3) is 1.06. The fraction of sp³-hybridized carbons (Fsp3) is 0.500. The molecule has 0 atom stereocenters. The summed E-state index contributed by atoms with van der Waals surface area (Å²) in [5.74, 6) is 0. The van der Waals surface area contributed by atoms with Crippen LogP contribution in [0.15, 0.2) is 5.10 Å². The van der Waals surface area contributed by atoms with E-state index in [0.29, 0.717) is 11.6 Å². The molecule has 0 aromatic carbocycles. The van der Waals surface area contributed by atoms with Crippen molar-refractivity contribution in [2.24, 2.45) is 5.10 Å². The van der Waals surface area contributed by atoms with Crippen molar-refractivity contribution in [1.29, 1.82) is 0 Å². The topological polar surface area (TPSA) is 15.6 Å². The lowest BCUT2D eigenvalue weighted by atomic mass is 10.5. The van der Waals surface area contributed by atoms with Crippen LogP contribution in [0.3, 0.4) is 0 Å². The number of hydrogen-bond donors (Lipinski definition) is 0. The van der Waals surface area contributed by atoms with Crippen molar-refractivity contribution in [2.75, 3.05) is 7.05 Å². The molecular weight excluding hydrogens is 112 g/mol. The van der Waals surface area contributed by atoms with Crippen LogP contribution in [0.25, 0.3) is 0 Å². The molecule has 0 saturated heterocycles. The Morgan fingerprint density at radius 3 is 2.86 bits per heavy atom. The van der Waals surface area contributed by atoms with Crippen LogP contribution < -0.4 is 0 Å². The van der Waals surface area contributed by atoms with Crippen molar-refractivity contribution in [3.63, 3.8) is 0 Å². The Morgan fingerprint density at radius 1 is 2.00 bits per heavy atom. The van der Waals surface area contributed by atoms with Gasteiger partial charge in [-0.25, -0.2) is 0 Å². The maximum Gasteiger partial charge on any atom is 0.128 e. The predicted molar refractivity (Wildman–Crippen MR) is 28.9 cm³/mol. The zero-order valence-electron chi connectivity index (χ0n) is 3.98. The van der Waals surface area contributed by atoms with Gasteiger partial charge in [0.25, 0.3) is 0 Å². The van der Waals surface area contributed by atoms with E-state index in [2.05, 4.69) is 11.6 Å². The normalized spacial score (nSPS) is 20.3. The van der Waals surface area contributed by atoms with Gasteiger partial charge in [0.1, 0.15) is 11.7 Å². The predicted octanol–water partition coefficient (Wildman–Crippen LogP) is 0.913. The van der Waals surface area contributed by atoms with E-state index in [9.17, 15) is 0 Å². The van der Waals surface area contributed by atoms with Crippen LogP contribution in [0, 0.1) is 6.54 Å². The average Bonchev–Trinajstić information content (AvgIpc) is 1.87. The fourth-order valence-electron chi connectivity index (χ4n) is 0.413. The van der Waals surface area contributed by atoms with Gasteiger partial charge in [-0.1, -0.05) is 11.6 Å². The van der Waals surface area contributed by atoms with E-state index in [-0.39, 0.29) is 0 Å². The van der Waals surface area contributed by atoms with E-state index >= 15 is 0 Å². The lowest BCUT2D eigenvalue weighted by Crippen LogP contribution is -1.98. The summed E-state index contributed by atoms with van der Waals surface area (Å²) < 4.78 is 0. The van der Waals surface area contributed by atoms with Gasteiger partial charge in [-0.05, 0) is 0 Å². The van der Waals surface area contributed by atoms with Gasteiger partial charge in [0.05, 0.1) is 0 Å². The molecule has 1 aliphatic rings. The molecule has 1 heterocycles. The van der Waals surface area contributed by atoms with E-state index in [1.165, 1.54) is 0 Å². The van der Waals surface area contributed by atoms with Crippen LogP contribution in [-0.2, 0) is 0 Å². The highest BCUT2D eigenvalue weighted by molar-refractivity contribution is 6.65. The van der Waals surface area contributed by atoms with Crippen molar-refractivity contribution in [3.05, 3.63) is 6.54 Å². The average molecular weight is 117 g/mol. The molecule has 0 aromatic rings. The molecule has 0 aliphatic carbocycles. The van der Waals surface area contributed by atoms with Gasteiger partial charge in [-0.3, -0.25) is 5.01 Å². The standard InChI is InChI=1S/C4H5ClN2/c1-7-3-2-4(5)6-7/h2H2,1H3. The van der Waals surface area contributed by atoms with Gasteiger partial charge < -0.3 is 0 Å². The molecule has 38 valence electrons. The number of halogens is 1. The molecule has 2 nitrogen and oxygen atoms in total. The summed E-state index contributed by atoms with van der Waals surface area (Å²) in [6.07, 6.45) is 0.665. The minimum Gasteiger partial charge on any atom is -0.287 e. The van der Waals surface area contributed by atoms with Crippen LogP contribution in [0.1, 0.15) is 6.42 Å². The maximum atomic E-state index is 5.45. The SMILES string of the molecule is CN1[C]CC(Cl)=N1. The number of rotatable bonds is 0. The van der Waals surface area contributed by atoms with Crippen LogP contribution >= 0.6 is 11.6 Å². The Bertz CT molecular complexity index is 99.9. The van der Waals surface area contributed by atoms with Gasteiger partial charge in [-0.15, -0.1) is 0 Å². The Balaban J connectivity index is 2.50. The van der Waals surface area contributed by atoms with Crippen molar-refractivity contribution >= 4 is 16.8 Å². The summed E-state index contributed by atoms with van der Waals surface area (Å²) in [5.41, 5.74) is 0. The second kappa shape index (κ2) is 1.70. The van der Waals surface area contributed by atoms with Crippen LogP contribution in [0.2, 0.25) is 0 Å². The van der Waals surface area contributed by atoms with E-state index in [1.807, 2.05) is 0 Å². The Labute approximate surface area is 47.8 Å². The van der Waals surface area contributed by atoms with Crippen LogP contribution in [0.4, 0.5) is 0 Å². The van der Waals surface area contributed by atoms with Crippen molar-refractivity contribution in [1.82, 2.24) is 5.01 Å². The molecule has 0 saturated carbocycles. The van der Waals surface area contributed by atoms with Gasteiger partial charge >= 0.3 is 0 Å². The molecule has 0 fully saturated rings. The quantitative estimate of drug-likeness (QED) is 0.460. The van der Waals surface area contributed by atoms with Crippen LogP contribution in [-0.4, -0.2) is 17.2 Å². The summed E-state index contributed by atoms with van der Waals surface area (Å²) in [6, 6.07) is 0. The Kier molecular flexibility index (Phi) is 1.19. The first-order valence-corrected chi connectivity index (χ1v) is 2.37. The lowest BCUT2D eigenvalue weighted by Gasteiger charge is -1.98. The van der Waals surface area contributed by atoms with Crippen LogP contribution in [0.5, 0.6) is 0 Å². The van der Waals surface area contributed by atoms with Crippen molar-refractivity contribution in [2.45, 2.75) is 6.42 Å². The molecule has 0 N–H and O–H groups in total. The molecule has 1 aliphatic heterocycles. The van der Waals surface area contributed by atoms with Crippen molar-refractivity contribution in [3.8, 4) is 0 Å². The molecule has 0 unspecified atom stereocenters. The number of hydrogen-bond acceptors (Lipinski definition) is 2. The Morgan fingerprint density at radius 2 is 2.71 bits per heavy atom. The molecule has 3 heteroatoms. The summed E-state index contributed by atoms with van der Waals surface area (Å²) in [6.45, 7) is 2.87. The molecule has 0 spiro atoms. The largest absolute Gasteiger partial charge is 0.287 e. The first-order valence-electron chi connectivity index (χ1n) is 1.99. The van der Waals surface area contributed by atoms with E-state index in [0.717, 1.165) is 0 Å². The fourth-order valence-corrected chi connectivity index (χ4v) is 0.586. The van der Waals surface area contributed by atoms with Gasteiger partial charge in [0.15, 0.2) is 0 Å². The van der Waals surface area contributed by atoms with Gasteiger partial charge in [0, 0.05) is 13.5 Å². The zero-order chi connectivity index (χ0) is 5.28. The van der Waals surface area contributed by atoms with Crippen molar-refractivity contribution < 1.29 is 0 Å². The zero-order valence-corrected chi connectivity index (χ0v) is 4.74. The minimum absolute atomic E-state index is 0.613. The minimum atomic E-state index is 0.613. The molecule has 7 heavy (non-hydrogen) atoms. The maximum absolute atomic E-state index is 5.45. The lowest BCUT2D eigenvalue weighted by molar-refractivity contribution is 0.456. The van der Waals surface area contributed by atoms with E-state index in [1.54, 1.807) is 12.1 Å². The third-order valence-electron chi connectivity index (χ3n) is 0.712. The number of hydrazone groups is 1. The first kappa shape index (κ1) is 4.91. The highest BCUT2D eigenvalue weighted by atomic mass is 35.5. The smallest absolute Gasteiger partial charge is 0.128 e. The molecular formula is C4H5ClN2. The molecule has 0 amide bonds. The summed E-state index contributed by atoms with van der Waals surface area (Å²) in [5, 5.41) is 5.99.